The molecule has 1 aromatic carbocycles. The van der Waals surface area contributed by atoms with Crippen molar-refractivity contribution >= 4 is 63.0 Å². The van der Waals surface area contributed by atoms with E-state index in [1.165, 1.54) is 11.8 Å². The van der Waals surface area contributed by atoms with Crippen molar-refractivity contribution in [3.8, 4) is 0 Å². The molecule has 1 amide bonds. The molecule has 1 saturated heterocycles. The minimum atomic E-state index is -0.0942. The Morgan fingerprint density at radius 3 is 2.52 bits per heavy atom. The van der Waals surface area contributed by atoms with Crippen molar-refractivity contribution in [1.29, 1.82) is 0 Å². The Balaban J connectivity index is 1.88. The standard InChI is InChI=1S/C16H15N3OS3/c1-10-17-11(9-22-10)8-14-15(20)19(16(21)23-14)13-6-4-12(5-7-13)18(2)3/h4-9H,1-3H3/b14-8+. The van der Waals surface area contributed by atoms with E-state index in [0.29, 0.717) is 9.23 Å². The molecule has 0 spiro atoms. The number of rotatable bonds is 3. The Morgan fingerprint density at radius 1 is 1.26 bits per heavy atom. The fraction of sp³-hybridized carbons (Fsp3) is 0.188. The van der Waals surface area contributed by atoms with E-state index in [9.17, 15) is 4.79 Å². The maximum absolute atomic E-state index is 12.7. The number of carbonyl (C=O) groups excluding carboxylic acids is 1. The highest BCUT2D eigenvalue weighted by atomic mass is 32.2. The zero-order valence-corrected chi connectivity index (χ0v) is 15.4. The third-order valence-corrected chi connectivity index (χ3v) is 5.43. The number of benzene rings is 1. The maximum Gasteiger partial charge on any atom is 0.270 e. The van der Waals surface area contributed by atoms with E-state index in [4.69, 9.17) is 12.2 Å². The van der Waals surface area contributed by atoms with Gasteiger partial charge >= 0.3 is 0 Å². The minimum absolute atomic E-state index is 0.0942. The van der Waals surface area contributed by atoms with Gasteiger partial charge in [0.15, 0.2) is 4.32 Å². The highest BCUT2D eigenvalue weighted by molar-refractivity contribution is 8.27. The van der Waals surface area contributed by atoms with Crippen molar-refractivity contribution in [3.05, 3.63) is 45.3 Å². The summed E-state index contributed by atoms with van der Waals surface area (Å²) in [7, 11) is 3.96. The second-order valence-electron chi connectivity index (χ2n) is 5.22. The lowest BCUT2D eigenvalue weighted by Gasteiger charge is -2.17. The van der Waals surface area contributed by atoms with Gasteiger partial charge < -0.3 is 4.90 Å². The molecule has 0 saturated carbocycles. The van der Waals surface area contributed by atoms with Gasteiger partial charge in [-0.05, 0) is 37.3 Å². The van der Waals surface area contributed by atoms with Crippen LogP contribution in [-0.4, -0.2) is 29.3 Å². The summed E-state index contributed by atoms with van der Waals surface area (Å²) in [6.07, 6.45) is 1.80. The fourth-order valence-corrected chi connectivity index (χ4v) is 4.02. The summed E-state index contributed by atoms with van der Waals surface area (Å²) < 4.78 is 0.547. The Bertz CT molecular complexity index is 793. The van der Waals surface area contributed by atoms with Crippen LogP contribution in [0.2, 0.25) is 0 Å². The molecule has 3 rings (SSSR count). The van der Waals surface area contributed by atoms with Crippen LogP contribution in [0.5, 0.6) is 0 Å². The van der Waals surface area contributed by atoms with Gasteiger partial charge in [-0.2, -0.15) is 0 Å². The Kier molecular flexibility index (Phi) is 4.52. The number of hydrogen-bond donors (Lipinski definition) is 0. The molecule has 0 bridgehead atoms. The van der Waals surface area contributed by atoms with Crippen LogP contribution in [0, 0.1) is 6.92 Å². The predicted octanol–water partition coefficient (Wildman–Crippen LogP) is 3.92. The van der Waals surface area contributed by atoms with E-state index >= 15 is 0 Å². The van der Waals surface area contributed by atoms with Gasteiger partial charge in [-0.25, -0.2) is 4.98 Å². The molecule has 1 aliphatic heterocycles. The first-order valence-corrected chi connectivity index (χ1v) is 9.03. The molecular formula is C16H15N3OS3. The van der Waals surface area contributed by atoms with Crippen LogP contribution in [0.15, 0.2) is 34.6 Å². The Labute approximate surface area is 148 Å². The van der Waals surface area contributed by atoms with Crippen molar-refractivity contribution in [2.24, 2.45) is 0 Å². The van der Waals surface area contributed by atoms with Gasteiger partial charge in [0.2, 0.25) is 0 Å². The summed E-state index contributed by atoms with van der Waals surface area (Å²) in [6, 6.07) is 7.77. The number of carbonyl (C=O) groups is 1. The number of aromatic nitrogens is 1. The third kappa shape index (κ3) is 3.31. The molecule has 0 radical (unpaired) electrons. The highest BCUT2D eigenvalue weighted by Gasteiger charge is 2.33. The largest absolute Gasteiger partial charge is 0.378 e. The van der Waals surface area contributed by atoms with Crippen LogP contribution >= 0.6 is 35.3 Å². The first-order chi connectivity index (χ1) is 11.0. The van der Waals surface area contributed by atoms with Crippen molar-refractivity contribution in [3.63, 3.8) is 0 Å². The monoisotopic (exact) mass is 361 g/mol. The molecule has 0 N–H and O–H groups in total. The van der Waals surface area contributed by atoms with E-state index < -0.39 is 0 Å². The average Bonchev–Trinajstić information content (AvgIpc) is 3.03. The SMILES string of the molecule is Cc1nc(/C=C2/SC(=S)N(c3ccc(N(C)C)cc3)C2=O)cs1. The molecular weight excluding hydrogens is 346 g/mol. The summed E-state index contributed by atoms with van der Waals surface area (Å²) in [4.78, 5) is 21.2. The molecule has 4 nitrogen and oxygen atoms in total. The van der Waals surface area contributed by atoms with Crippen molar-refractivity contribution in [2.75, 3.05) is 23.9 Å². The van der Waals surface area contributed by atoms with Crippen LogP contribution in [0.1, 0.15) is 10.7 Å². The molecule has 7 heteroatoms. The van der Waals surface area contributed by atoms with Crippen molar-refractivity contribution in [1.82, 2.24) is 4.98 Å². The fourth-order valence-electron chi connectivity index (χ4n) is 2.17. The molecule has 2 aromatic rings. The van der Waals surface area contributed by atoms with Crippen LogP contribution in [0.4, 0.5) is 11.4 Å². The summed E-state index contributed by atoms with van der Waals surface area (Å²) >= 11 is 8.26. The third-order valence-electron chi connectivity index (χ3n) is 3.33. The second kappa shape index (κ2) is 6.43. The van der Waals surface area contributed by atoms with Gasteiger partial charge in [0.25, 0.3) is 5.91 Å². The molecule has 118 valence electrons. The van der Waals surface area contributed by atoms with Gasteiger partial charge in [0.05, 0.1) is 21.3 Å². The smallest absolute Gasteiger partial charge is 0.270 e. The number of aryl methyl sites for hydroxylation is 1. The Morgan fingerprint density at radius 2 is 1.96 bits per heavy atom. The summed E-state index contributed by atoms with van der Waals surface area (Å²) in [5, 5.41) is 2.92. The minimum Gasteiger partial charge on any atom is -0.378 e. The zero-order chi connectivity index (χ0) is 16.6. The first kappa shape index (κ1) is 16.2. The molecule has 0 aliphatic carbocycles. The van der Waals surface area contributed by atoms with Gasteiger partial charge in [0, 0.05) is 25.2 Å². The van der Waals surface area contributed by atoms with Crippen LogP contribution in [-0.2, 0) is 4.79 Å². The summed E-state index contributed by atoms with van der Waals surface area (Å²) in [5.41, 5.74) is 2.67. The van der Waals surface area contributed by atoms with Crippen molar-refractivity contribution in [2.45, 2.75) is 6.92 Å². The normalized spacial score (nSPS) is 16.5. The highest BCUT2D eigenvalue weighted by Crippen LogP contribution is 2.36. The van der Waals surface area contributed by atoms with Crippen molar-refractivity contribution < 1.29 is 4.79 Å². The van der Waals surface area contributed by atoms with Gasteiger partial charge in [-0.3, -0.25) is 9.69 Å². The van der Waals surface area contributed by atoms with Crippen LogP contribution in [0.3, 0.4) is 0 Å². The van der Waals surface area contributed by atoms with E-state index in [1.54, 1.807) is 22.3 Å². The molecule has 1 aromatic heterocycles. The molecule has 0 atom stereocenters. The second-order valence-corrected chi connectivity index (χ2v) is 7.96. The van der Waals surface area contributed by atoms with E-state index in [0.717, 1.165) is 22.1 Å². The lowest BCUT2D eigenvalue weighted by molar-refractivity contribution is -0.113. The zero-order valence-electron chi connectivity index (χ0n) is 12.9. The van der Waals surface area contributed by atoms with E-state index in [-0.39, 0.29) is 5.91 Å². The number of amides is 1. The number of thiocarbonyl (C=S) groups is 1. The Hall–Kier alpha value is -1.70. The molecule has 1 aliphatic rings. The number of anilines is 2. The lowest BCUT2D eigenvalue weighted by atomic mass is 10.2. The number of hydrogen-bond acceptors (Lipinski definition) is 6. The van der Waals surface area contributed by atoms with Gasteiger partial charge in [-0.1, -0.05) is 24.0 Å². The van der Waals surface area contributed by atoms with Gasteiger partial charge in [0.1, 0.15) is 0 Å². The number of nitrogens with zero attached hydrogens (tertiary/aromatic N) is 3. The molecule has 2 heterocycles. The van der Waals surface area contributed by atoms with Crippen LogP contribution < -0.4 is 9.80 Å². The summed E-state index contributed by atoms with van der Waals surface area (Å²) in [6.45, 7) is 1.94. The van der Waals surface area contributed by atoms with E-state index in [2.05, 4.69) is 4.98 Å². The average molecular weight is 362 g/mol. The number of thiazole rings is 1. The predicted molar refractivity (Wildman–Crippen MR) is 103 cm³/mol. The maximum atomic E-state index is 12.7. The number of thioether (sulfide) groups is 1. The lowest BCUT2D eigenvalue weighted by Crippen LogP contribution is -2.27. The quantitative estimate of drug-likeness (QED) is 0.612. The van der Waals surface area contributed by atoms with E-state index in [1.807, 2.05) is 55.6 Å². The summed E-state index contributed by atoms with van der Waals surface area (Å²) in [5.74, 6) is -0.0942. The molecule has 23 heavy (non-hydrogen) atoms. The van der Waals surface area contributed by atoms with Crippen LogP contribution in [0.25, 0.3) is 6.08 Å². The van der Waals surface area contributed by atoms with Gasteiger partial charge in [-0.15, -0.1) is 11.3 Å². The topological polar surface area (TPSA) is 36.4 Å². The first-order valence-electron chi connectivity index (χ1n) is 6.93. The molecule has 0 unspecified atom stereocenters. The molecule has 1 fully saturated rings.